The third-order valence-electron chi connectivity index (χ3n) is 4.22. The molecule has 0 aliphatic heterocycles. The molecule has 28 heavy (non-hydrogen) atoms. The number of rotatable bonds is 8. The third-order valence-corrected chi connectivity index (χ3v) is 4.22. The van der Waals surface area contributed by atoms with Crippen LogP contribution in [0, 0.1) is 5.92 Å². The van der Waals surface area contributed by atoms with Gasteiger partial charge in [-0.1, -0.05) is 50.2 Å². The number of carbonyl (C=O) groups is 1. The Kier molecular flexibility index (Phi) is 6.55. The van der Waals surface area contributed by atoms with Gasteiger partial charge in [0.2, 0.25) is 0 Å². The minimum absolute atomic E-state index is 0.238. The molecule has 0 unspecified atom stereocenters. The van der Waals surface area contributed by atoms with Crippen LogP contribution in [-0.2, 0) is 4.74 Å². The second-order valence-electron chi connectivity index (χ2n) is 7.02. The number of amides is 1. The Balaban J connectivity index is 1.83. The Bertz CT molecular complexity index is 997. The fourth-order valence-electron chi connectivity index (χ4n) is 2.88. The van der Waals surface area contributed by atoms with E-state index < -0.39 is 0 Å². The zero-order valence-electron chi connectivity index (χ0n) is 16.2. The van der Waals surface area contributed by atoms with Gasteiger partial charge in [0.15, 0.2) is 5.69 Å². The average molecular weight is 379 g/mol. The SMILES string of the molecule is CC(C)COCCCNC(=O)c1nn(-c2ccccc2)c(=O)c2ccccc12. The molecule has 146 valence electrons. The van der Waals surface area contributed by atoms with Crippen molar-refractivity contribution in [3.8, 4) is 5.69 Å². The maximum absolute atomic E-state index is 12.8. The van der Waals surface area contributed by atoms with E-state index in [0.717, 1.165) is 0 Å². The van der Waals surface area contributed by atoms with Crippen molar-refractivity contribution in [2.75, 3.05) is 19.8 Å². The molecule has 0 aliphatic carbocycles. The molecule has 6 heteroatoms. The third kappa shape index (κ3) is 4.64. The van der Waals surface area contributed by atoms with Crippen molar-refractivity contribution in [1.82, 2.24) is 15.1 Å². The van der Waals surface area contributed by atoms with Crippen LogP contribution in [0.5, 0.6) is 0 Å². The first-order chi connectivity index (χ1) is 13.6. The number of nitrogens with one attached hydrogen (secondary N) is 1. The highest BCUT2D eigenvalue weighted by Gasteiger charge is 2.17. The van der Waals surface area contributed by atoms with Crippen molar-refractivity contribution < 1.29 is 9.53 Å². The van der Waals surface area contributed by atoms with E-state index in [9.17, 15) is 9.59 Å². The Morgan fingerprint density at radius 1 is 1.07 bits per heavy atom. The highest BCUT2D eigenvalue weighted by atomic mass is 16.5. The number of aromatic nitrogens is 2. The molecule has 1 aromatic heterocycles. The fraction of sp³-hybridized carbons (Fsp3) is 0.318. The van der Waals surface area contributed by atoms with Crippen molar-refractivity contribution in [3.05, 3.63) is 70.6 Å². The highest BCUT2D eigenvalue weighted by Crippen LogP contribution is 2.15. The molecule has 1 N–H and O–H groups in total. The molecule has 0 spiro atoms. The first-order valence-electron chi connectivity index (χ1n) is 9.51. The molecule has 0 saturated carbocycles. The molecule has 3 rings (SSSR count). The van der Waals surface area contributed by atoms with Crippen LogP contribution in [0.25, 0.3) is 16.5 Å². The number of ether oxygens (including phenoxy) is 1. The predicted octanol–water partition coefficient (Wildman–Crippen LogP) is 3.18. The number of hydrogen-bond donors (Lipinski definition) is 1. The van der Waals surface area contributed by atoms with E-state index >= 15 is 0 Å². The number of fused-ring (bicyclic) bond motifs is 1. The molecular weight excluding hydrogens is 354 g/mol. The number of hydrogen-bond acceptors (Lipinski definition) is 4. The maximum Gasteiger partial charge on any atom is 0.279 e. The van der Waals surface area contributed by atoms with Gasteiger partial charge in [0.25, 0.3) is 11.5 Å². The van der Waals surface area contributed by atoms with Crippen LogP contribution in [0.15, 0.2) is 59.4 Å². The van der Waals surface area contributed by atoms with Gasteiger partial charge in [-0.15, -0.1) is 0 Å². The van der Waals surface area contributed by atoms with Crippen LogP contribution in [0.4, 0.5) is 0 Å². The van der Waals surface area contributed by atoms with Gasteiger partial charge in [0.1, 0.15) is 0 Å². The van der Waals surface area contributed by atoms with Crippen molar-refractivity contribution in [2.45, 2.75) is 20.3 Å². The monoisotopic (exact) mass is 379 g/mol. The summed E-state index contributed by atoms with van der Waals surface area (Å²) in [5.41, 5.74) is 0.608. The first kappa shape index (κ1) is 19.8. The molecule has 6 nitrogen and oxygen atoms in total. The lowest BCUT2D eigenvalue weighted by molar-refractivity contribution is 0.0921. The van der Waals surface area contributed by atoms with E-state index in [1.54, 1.807) is 36.4 Å². The van der Waals surface area contributed by atoms with E-state index in [1.165, 1.54) is 4.68 Å². The molecule has 0 saturated heterocycles. The minimum atomic E-state index is -0.301. The summed E-state index contributed by atoms with van der Waals surface area (Å²) in [5, 5.41) is 8.26. The van der Waals surface area contributed by atoms with Crippen LogP contribution < -0.4 is 10.9 Å². The molecule has 0 atom stereocenters. The quantitative estimate of drug-likeness (QED) is 0.610. The lowest BCUT2D eigenvalue weighted by Gasteiger charge is -2.11. The van der Waals surface area contributed by atoms with Crippen LogP contribution >= 0.6 is 0 Å². The van der Waals surface area contributed by atoms with Gasteiger partial charge in [-0.25, -0.2) is 0 Å². The largest absolute Gasteiger partial charge is 0.381 e. The average Bonchev–Trinajstić information content (AvgIpc) is 2.71. The van der Waals surface area contributed by atoms with Crippen molar-refractivity contribution in [2.24, 2.45) is 5.92 Å². The lowest BCUT2D eigenvalue weighted by Crippen LogP contribution is -2.31. The molecule has 1 amide bonds. The summed E-state index contributed by atoms with van der Waals surface area (Å²) in [6.45, 7) is 5.98. The van der Waals surface area contributed by atoms with Gasteiger partial charge < -0.3 is 10.1 Å². The van der Waals surface area contributed by atoms with E-state index in [4.69, 9.17) is 4.74 Å². The summed E-state index contributed by atoms with van der Waals surface area (Å²) < 4.78 is 6.81. The molecular formula is C22H25N3O3. The summed E-state index contributed by atoms with van der Waals surface area (Å²) in [4.78, 5) is 25.6. The van der Waals surface area contributed by atoms with Gasteiger partial charge in [0.05, 0.1) is 11.1 Å². The molecule has 0 bridgehead atoms. The lowest BCUT2D eigenvalue weighted by atomic mass is 10.1. The Labute approximate surface area is 164 Å². The van der Waals surface area contributed by atoms with Crippen LogP contribution in [0.1, 0.15) is 30.8 Å². The molecule has 0 radical (unpaired) electrons. The van der Waals surface area contributed by atoms with E-state index in [2.05, 4.69) is 24.3 Å². The first-order valence-corrected chi connectivity index (χ1v) is 9.51. The van der Waals surface area contributed by atoms with Crippen molar-refractivity contribution in [3.63, 3.8) is 0 Å². The van der Waals surface area contributed by atoms with Crippen LogP contribution in [0.3, 0.4) is 0 Å². The second-order valence-corrected chi connectivity index (χ2v) is 7.02. The van der Waals surface area contributed by atoms with Crippen LogP contribution in [-0.4, -0.2) is 35.4 Å². The summed E-state index contributed by atoms with van der Waals surface area (Å²) in [5.74, 6) is 0.189. The summed E-state index contributed by atoms with van der Waals surface area (Å²) in [7, 11) is 0. The summed E-state index contributed by atoms with van der Waals surface area (Å²) in [6, 6.07) is 16.2. The van der Waals surface area contributed by atoms with Gasteiger partial charge in [-0.3, -0.25) is 9.59 Å². The Morgan fingerprint density at radius 2 is 1.75 bits per heavy atom. The molecule has 3 aromatic rings. The maximum atomic E-state index is 12.8. The normalized spacial score (nSPS) is 11.1. The molecule has 2 aromatic carbocycles. The van der Waals surface area contributed by atoms with Gasteiger partial charge >= 0.3 is 0 Å². The fourth-order valence-corrected chi connectivity index (χ4v) is 2.88. The van der Waals surface area contributed by atoms with E-state index in [1.807, 2.05) is 18.2 Å². The number of carbonyl (C=O) groups excluding carboxylic acids is 1. The van der Waals surface area contributed by atoms with E-state index in [-0.39, 0.29) is 17.2 Å². The Hall–Kier alpha value is -2.99. The summed E-state index contributed by atoms with van der Waals surface area (Å²) in [6.07, 6.45) is 0.717. The molecule has 0 fully saturated rings. The van der Waals surface area contributed by atoms with Gasteiger partial charge in [0, 0.05) is 25.1 Å². The number of nitrogens with zero attached hydrogens (tertiary/aromatic N) is 2. The van der Waals surface area contributed by atoms with E-state index in [0.29, 0.717) is 48.6 Å². The zero-order chi connectivity index (χ0) is 19.9. The summed E-state index contributed by atoms with van der Waals surface area (Å²) >= 11 is 0. The molecule has 1 heterocycles. The molecule has 0 aliphatic rings. The highest BCUT2D eigenvalue weighted by molar-refractivity contribution is 6.04. The zero-order valence-corrected chi connectivity index (χ0v) is 16.2. The van der Waals surface area contributed by atoms with Crippen molar-refractivity contribution >= 4 is 16.7 Å². The van der Waals surface area contributed by atoms with Crippen molar-refractivity contribution in [1.29, 1.82) is 0 Å². The second kappa shape index (κ2) is 9.28. The van der Waals surface area contributed by atoms with Gasteiger partial charge in [-0.05, 0) is 30.5 Å². The smallest absolute Gasteiger partial charge is 0.279 e. The standard InChI is InChI=1S/C22H25N3O3/c1-16(2)15-28-14-8-13-23-21(26)20-18-11-6-7-12-19(18)22(27)25(24-20)17-9-4-3-5-10-17/h3-7,9-12,16H,8,13-15H2,1-2H3,(H,23,26). The van der Waals surface area contributed by atoms with Crippen LogP contribution in [0.2, 0.25) is 0 Å². The predicted molar refractivity (Wildman–Crippen MR) is 110 cm³/mol. The van der Waals surface area contributed by atoms with Gasteiger partial charge in [-0.2, -0.15) is 9.78 Å². The topological polar surface area (TPSA) is 73.2 Å². The Morgan fingerprint density at radius 3 is 2.46 bits per heavy atom. The minimum Gasteiger partial charge on any atom is -0.381 e. The number of benzene rings is 2. The number of para-hydroxylation sites is 1.